The fraction of sp³-hybridized carbons (Fsp3) is 0.143. The van der Waals surface area contributed by atoms with Gasteiger partial charge in [-0.15, -0.1) is 12.4 Å². The molecule has 0 saturated heterocycles. The summed E-state index contributed by atoms with van der Waals surface area (Å²) in [5.41, 5.74) is -1.24. The number of hydrogen-bond acceptors (Lipinski definition) is 20. The number of hydroxylamine groups is 2. The number of sulfonamides is 3. The number of carboxylic acids is 1. The average molecular weight is 2080 g/mol. The number of rotatable bonds is 20. The topological polar surface area (TPSA) is 394 Å². The monoisotopic (exact) mass is 2070 g/mol. The Morgan fingerprint density at radius 2 is 0.805 bits per heavy atom. The molecule has 0 fully saturated rings. The first-order chi connectivity index (χ1) is 58.8. The van der Waals surface area contributed by atoms with E-state index in [1.807, 2.05) is 26.3 Å². The predicted molar refractivity (Wildman–Crippen MR) is 465 cm³/mol. The van der Waals surface area contributed by atoms with Crippen LogP contribution in [0.15, 0.2) is 208 Å². The molecule has 7 aromatic heterocycles. The van der Waals surface area contributed by atoms with Gasteiger partial charge < -0.3 is 33.4 Å². The van der Waals surface area contributed by atoms with Crippen LogP contribution in [0.25, 0.3) is 43.6 Å². The Morgan fingerprint density at radius 1 is 0.477 bits per heavy atom. The maximum atomic E-state index is 13.5. The third kappa shape index (κ3) is 25.7. The van der Waals surface area contributed by atoms with Crippen LogP contribution in [0.5, 0.6) is 0 Å². The average Bonchev–Trinajstić information content (AvgIpc) is 0.905. The van der Waals surface area contributed by atoms with Gasteiger partial charge in [0.2, 0.25) is 11.6 Å². The zero-order valence-corrected chi connectivity index (χ0v) is 77.4. The van der Waals surface area contributed by atoms with Crippen LogP contribution in [-0.2, 0) is 62.9 Å². The van der Waals surface area contributed by atoms with Gasteiger partial charge in [0.1, 0.15) is 29.5 Å². The van der Waals surface area contributed by atoms with Gasteiger partial charge in [-0.25, -0.2) is 58.7 Å². The van der Waals surface area contributed by atoms with Crippen molar-refractivity contribution in [1.29, 1.82) is 0 Å². The number of aromatic amines is 4. The molecule has 0 saturated carbocycles. The van der Waals surface area contributed by atoms with Gasteiger partial charge in [-0.3, -0.25) is 44.3 Å². The number of carbonyl (C=O) groups excluding carboxylic acids is 3. The van der Waals surface area contributed by atoms with Crippen molar-refractivity contribution in [2.75, 3.05) is 55.2 Å². The van der Waals surface area contributed by atoms with E-state index in [0.717, 1.165) is 81.6 Å². The Balaban J connectivity index is 0.000000254. The molecule has 7 aromatic carbocycles. The molecule has 0 aliphatic rings. The van der Waals surface area contributed by atoms with Crippen molar-refractivity contribution in [2.24, 2.45) is 0 Å². The molecular formula is C77H61BrCl8F9MgN15O14S3. The SMILES string of the molecule is COCN(c1cc(Cl)cnc1Br)S(=O)(=O)c1ccc(Cl)c(C(F)(F)F)c1.COCN(c1cc(Cl)cnc1C(=O)c1cccc2[nH]ncc12)S(=O)(=O)c1ccc(Cl)c(C(F)(F)F)c1.CON(C)C(=O)c1cccc2[nH]ncc12.C[CH-]C.Cl.O=C(O)c1cccc2[nH]ncc12.O=C(c1ncc(Cl)cc1NS(=O)(=O)c1ccc(Cl)c(C(F)(F)F)c1)c1cccc2[nH]ncc12.[Cl-].[Mg+2]. The van der Waals surface area contributed by atoms with Gasteiger partial charge in [0, 0.05) is 72.5 Å². The number of benzene rings is 7. The summed E-state index contributed by atoms with van der Waals surface area (Å²) in [5, 5.41) is 36.9. The number of pyridine rings is 3. The predicted octanol–water partition coefficient (Wildman–Crippen LogP) is 16.3. The van der Waals surface area contributed by atoms with E-state index in [1.54, 1.807) is 67.8 Å². The molecule has 1 amide bonds. The van der Waals surface area contributed by atoms with E-state index in [-0.39, 0.29) is 119 Å². The number of ketones is 2. The molecule has 7 heterocycles. The second-order valence-electron chi connectivity index (χ2n) is 25.2. The Labute approximate surface area is 787 Å². The van der Waals surface area contributed by atoms with E-state index >= 15 is 0 Å². The largest absolute Gasteiger partial charge is 2.00 e. The fourth-order valence-corrected chi connectivity index (χ4v) is 16.7. The normalized spacial score (nSPS) is 11.4. The minimum atomic E-state index is -4.91. The number of carbonyl (C=O) groups is 4. The van der Waals surface area contributed by atoms with Crippen molar-refractivity contribution in [2.45, 2.75) is 47.1 Å². The van der Waals surface area contributed by atoms with E-state index in [1.165, 1.54) is 69.4 Å². The number of alkyl halides is 9. The van der Waals surface area contributed by atoms with E-state index in [2.05, 4.69) is 76.4 Å². The molecule has 0 bridgehead atoms. The van der Waals surface area contributed by atoms with Gasteiger partial charge in [-0.1, -0.05) is 106 Å². The van der Waals surface area contributed by atoms with E-state index in [0.29, 0.717) is 55.3 Å². The zero-order chi connectivity index (χ0) is 92.0. The van der Waals surface area contributed by atoms with E-state index in [4.69, 9.17) is 89.0 Å². The molecule has 128 heavy (non-hydrogen) atoms. The van der Waals surface area contributed by atoms with Gasteiger partial charge in [-0.05, 0) is 125 Å². The van der Waals surface area contributed by atoms with Crippen molar-refractivity contribution in [3.63, 3.8) is 0 Å². The number of amides is 1. The molecule has 6 N–H and O–H groups in total. The Morgan fingerprint density at radius 3 is 1.20 bits per heavy atom. The quantitative estimate of drug-likeness (QED) is 0.00785. The number of H-pyrrole nitrogens is 4. The standard InChI is InChI=1S/C22H15Cl2F3N4O4S.C20H11Cl2F3N4O3S.C14H10BrCl2F3N2O3S.C10H11N3O2.C8H6N2O2.C3H7.2ClH.Mg/c1-35-11-31(36(33,34)13-5-6-17(24)16(8-13)22(25,26)27)19-7-12(23)9-28-20(19)21(32)14-3-2-4-18-15(14)10-29-30-18;21-10-6-17(29-33(31,32)11-4-5-15(22)14(7-11)20(23,24)25)18(26-8-10)19(30)12-2-1-3-16-13(12)9-27-28-16;1-25-7-22(12-4-8(16)6-21-13(12)15)26(23,24)9-2-3-11(17)10(5-9)14(18,19)20;1-13(15-2)10(14)7-4-3-5-9-8(7)6-11-12-9;11-8(12)5-2-1-3-7-6(5)4-9-10-7;1-3-2;;;/h2-10H,11H2,1H3,(H,29,30);1-9,29H,(H,27,28);2-6H,7H2,1H3;3-6H,1-2H3,(H,11,12);1-4H,(H,9,10)(H,11,12);3H,1-2H3;2*1H;/q;;;;;-1;;;+2/p-1. The van der Waals surface area contributed by atoms with Gasteiger partial charge in [0.15, 0.2) is 0 Å². The molecule has 0 aliphatic carbocycles. The first-order valence-corrected chi connectivity index (χ1v) is 42.1. The maximum absolute atomic E-state index is 13.5. The summed E-state index contributed by atoms with van der Waals surface area (Å²) in [6, 6.07) is 30.2. The minimum Gasteiger partial charge on any atom is -1.00 e. The third-order valence-corrected chi connectivity index (χ3v) is 23.9. The van der Waals surface area contributed by atoms with Gasteiger partial charge in [0.05, 0.1) is 144 Å². The fourth-order valence-electron chi connectivity index (χ4n) is 11.1. The molecule has 0 aliphatic heterocycles. The zero-order valence-electron chi connectivity index (χ0n) is 65.9. The number of ether oxygens (including phenoxy) is 2. The van der Waals surface area contributed by atoms with Crippen molar-refractivity contribution in [3.05, 3.63) is 280 Å². The molecule has 0 unspecified atom stereocenters. The molecular weight excluding hydrogens is 2010 g/mol. The molecule has 0 spiro atoms. The summed E-state index contributed by atoms with van der Waals surface area (Å²) in [6.07, 6.45) is -3.03. The number of nitrogens with zero attached hydrogens (tertiary/aromatic N) is 10. The summed E-state index contributed by atoms with van der Waals surface area (Å²) in [7, 11) is -8.30. The number of nitrogens with one attached hydrogen (secondary N) is 5. The number of aromatic carboxylic acids is 1. The number of aromatic nitrogens is 11. The van der Waals surface area contributed by atoms with Gasteiger partial charge in [0.25, 0.3) is 36.0 Å². The number of anilines is 3. The van der Waals surface area contributed by atoms with Crippen LogP contribution in [-0.4, -0.2) is 179 Å². The molecule has 674 valence electrons. The van der Waals surface area contributed by atoms with Crippen LogP contribution >= 0.6 is 97.9 Å². The second-order valence-corrected chi connectivity index (χ2v) is 33.9. The number of carboxylic acid groups (broad SMARTS) is 1. The van der Waals surface area contributed by atoms with Crippen LogP contribution in [0.3, 0.4) is 0 Å². The number of halogens is 18. The summed E-state index contributed by atoms with van der Waals surface area (Å²) in [6.45, 7) is 2.86. The molecule has 29 nitrogen and oxygen atoms in total. The van der Waals surface area contributed by atoms with Crippen LogP contribution in [0.1, 0.15) is 83.4 Å². The van der Waals surface area contributed by atoms with Crippen LogP contribution in [0.4, 0.5) is 56.6 Å². The Hall–Kier alpha value is -9.78. The summed E-state index contributed by atoms with van der Waals surface area (Å²) >= 11 is 37.7. The number of fused-ring (bicyclic) bond motifs is 4. The Kier molecular flexibility index (Phi) is 38.2. The van der Waals surface area contributed by atoms with Crippen molar-refractivity contribution >= 4 is 235 Å². The first-order valence-electron chi connectivity index (χ1n) is 34.7. The maximum Gasteiger partial charge on any atom is 2.00 e. The molecule has 14 aromatic rings. The Bertz CT molecular complexity index is 6720. The van der Waals surface area contributed by atoms with Crippen molar-refractivity contribution in [1.82, 2.24) is 60.8 Å². The van der Waals surface area contributed by atoms with Gasteiger partial charge in [-0.2, -0.15) is 73.8 Å². The van der Waals surface area contributed by atoms with Crippen LogP contribution in [0.2, 0.25) is 30.1 Å². The molecule has 51 heteroatoms. The second kappa shape index (κ2) is 45.7. The summed E-state index contributed by atoms with van der Waals surface area (Å²) in [5.74, 6) is -2.44. The van der Waals surface area contributed by atoms with E-state index in [9.17, 15) is 83.9 Å². The number of hydrogen-bond donors (Lipinski definition) is 6. The molecule has 14 rings (SSSR count). The summed E-state index contributed by atoms with van der Waals surface area (Å²) < 4.78 is 211. The molecule has 0 radical (unpaired) electrons. The van der Waals surface area contributed by atoms with Crippen molar-refractivity contribution < 1.29 is 116 Å². The minimum absolute atomic E-state index is 0. The molecule has 0 atom stereocenters. The van der Waals surface area contributed by atoms with Crippen LogP contribution in [0, 0.1) is 6.42 Å². The van der Waals surface area contributed by atoms with E-state index < -0.39 is 126 Å². The smallest absolute Gasteiger partial charge is 1.00 e. The third-order valence-electron chi connectivity index (χ3n) is 16.8. The van der Waals surface area contributed by atoms with Gasteiger partial charge >= 0.3 is 47.6 Å². The first kappa shape index (κ1) is 107. The van der Waals surface area contributed by atoms with Crippen LogP contribution < -0.4 is 25.7 Å². The summed E-state index contributed by atoms with van der Waals surface area (Å²) in [4.78, 5) is 63.9. The van der Waals surface area contributed by atoms with Crippen molar-refractivity contribution in [3.8, 4) is 0 Å². The number of methoxy groups -OCH3 is 2.